The summed E-state index contributed by atoms with van der Waals surface area (Å²) in [5.41, 5.74) is 0. The average Bonchev–Trinajstić information content (AvgIpc) is 1.77. The predicted molar refractivity (Wildman–Crippen MR) is 28.3 cm³/mol. The first-order valence-electron chi connectivity index (χ1n) is 2.23. The largest absolute Gasteiger partial charge is 0.290 e. The molecule has 3 heteroatoms. The molecule has 1 rings (SSSR count). The second kappa shape index (κ2) is 3.38. The molecule has 0 fully saturated rings. The molecule has 0 bridgehead atoms. The third-order valence-corrected chi connectivity index (χ3v) is 0.824. The molecule has 0 aromatic carbocycles. The van der Waals surface area contributed by atoms with Gasteiger partial charge in [0.1, 0.15) is 0 Å². The number of hydrogen-bond donors (Lipinski definition) is 0. The fourth-order valence-corrected chi connectivity index (χ4v) is 0.440. The van der Waals surface area contributed by atoms with Crippen LogP contribution in [0.15, 0.2) is 24.3 Å². The Labute approximate surface area is 63.1 Å². The molecule has 0 N–H and O–H groups in total. The van der Waals surface area contributed by atoms with Crippen LogP contribution in [0.2, 0.25) is 0 Å². The Morgan fingerprint density at radius 3 is 1.22 bits per heavy atom. The zero-order chi connectivity index (χ0) is 5.98. The van der Waals surface area contributed by atoms with Crippen LogP contribution in [-0.4, -0.2) is 11.6 Å². The molecule has 0 saturated heterocycles. The number of carbonyl (C=O) groups excluding carboxylic acids is 2. The van der Waals surface area contributed by atoms with Crippen LogP contribution in [0.4, 0.5) is 0 Å². The normalized spacial score (nSPS) is 15.6. The quantitative estimate of drug-likeness (QED) is 0.379. The van der Waals surface area contributed by atoms with Gasteiger partial charge in [0, 0.05) is 17.1 Å². The third kappa shape index (κ3) is 2.40. The van der Waals surface area contributed by atoms with Gasteiger partial charge in [0.25, 0.3) is 0 Å². The minimum atomic E-state index is -0.121. The smallest absolute Gasteiger partial charge is 0.178 e. The van der Waals surface area contributed by atoms with Crippen molar-refractivity contribution in [3.05, 3.63) is 24.3 Å². The van der Waals surface area contributed by atoms with Crippen LogP contribution >= 0.6 is 0 Å². The number of ketones is 2. The Bertz CT molecular complexity index is 153. The molecule has 0 aromatic heterocycles. The number of carbonyl (C=O) groups is 2. The van der Waals surface area contributed by atoms with Crippen LogP contribution in [0.1, 0.15) is 0 Å². The van der Waals surface area contributed by atoms with Gasteiger partial charge in [0.05, 0.1) is 0 Å². The SMILES string of the molecule is O=C1C=CC(=O)C=C1.[Mn]. The molecule has 0 heterocycles. The van der Waals surface area contributed by atoms with E-state index in [0.717, 1.165) is 0 Å². The summed E-state index contributed by atoms with van der Waals surface area (Å²) in [6.07, 6.45) is 5.01. The fraction of sp³-hybridized carbons (Fsp3) is 0. The maximum Gasteiger partial charge on any atom is 0.178 e. The summed E-state index contributed by atoms with van der Waals surface area (Å²) < 4.78 is 0. The minimum absolute atomic E-state index is 0. The summed E-state index contributed by atoms with van der Waals surface area (Å²) >= 11 is 0. The van der Waals surface area contributed by atoms with Gasteiger partial charge in [-0.1, -0.05) is 0 Å². The molecule has 0 unspecified atom stereocenters. The van der Waals surface area contributed by atoms with Gasteiger partial charge in [-0.25, -0.2) is 0 Å². The zero-order valence-corrected chi connectivity index (χ0v) is 5.68. The third-order valence-electron chi connectivity index (χ3n) is 0.824. The van der Waals surface area contributed by atoms with Gasteiger partial charge in [-0.3, -0.25) is 9.59 Å². The van der Waals surface area contributed by atoms with Gasteiger partial charge < -0.3 is 0 Å². The molecule has 1 aliphatic carbocycles. The van der Waals surface area contributed by atoms with Crippen LogP contribution in [0.3, 0.4) is 0 Å². The molecule has 0 aromatic rings. The van der Waals surface area contributed by atoms with E-state index in [0.29, 0.717) is 0 Å². The van der Waals surface area contributed by atoms with E-state index in [9.17, 15) is 9.59 Å². The van der Waals surface area contributed by atoms with Gasteiger partial charge in [-0.15, -0.1) is 0 Å². The summed E-state index contributed by atoms with van der Waals surface area (Å²) in [5, 5.41) is 0. The maximum absolute atomic E-state index is 10.3. The Kier molecular flexibility index (Phi) is 3.13. The average molecular weight is 163 g/mol. The zero-order valence-electron chi connectivity index (χ0n) is 4.50. The second-order valence-corrected chi connectivity index (χ2v) is 1.47. The molecule has 0 saturated carbocycles. The van der Waals surface area contributed by atoms with Crippen molar-refractivity contribution >= 4 is 11.6 Å². The van der Waals surface area contributed by atoms with E-state index >= 15 is 0 Å². The van der Waals surface area contributed by atoms with E-state index in [4.69, 9.17) is 0 Å². The Balaban J connectivity index is 0.000000640. The molecule has 47 valence electrons. The van der Waals surface area contributed by atoms with Crippen molar-refractivity contribution in [1.29, 1.82) is 0 Å². The van der Waals surface area contributed by atoms with E-state index in [1.807, 2.05) is 0 Å². The molecule has 0 spiro atoms. The molecular formula is C6H4MnO2. The van der Waals surface area contributed by atoms with Crippen molar-refractivity contribution in [2.45, 2.75) is 0 Å². The summed E-state index contributed by atoms with van der Waals surface area (Å²) in [5.74, 6) is -0.241. The standard InChI is InChI=1S/C6H4O2.Mn/c7-5-1-2-6(8)4-3-5;/h1-4H;. The van der Waals surface area contributed by atoms with Gasteiger partial charge in [-0.2, -0.15) is 0 Å². The molecule has 9 heavy (non-hydrogen) atoms. The summed E-state index contributed by atoms with van der Waals surface area (Å²) in [6, 6.07) is 0. The molecular weight excluding hydrogens is 159 g/mol. The number of rotatable bonds is 0. The number of hydrogen-bond acceptors (Lipinski definition) is 2. The topological polar surface area (TPSA) is 34.1 Å². The second-order valence-electron chi connectivity index (χ2n) is 1.47. The Morgan fingerprint density at radius 1 is 0.778 bits per heavy atom. The molecule has 0 aliphatic heterocycles. The molecule has 1 radical (unpaired) electrons. The van der Waals surface area contributed by atoms with Gasteiger partial charge in [0.15, 0.2) is 11.6 Å². The van der Waals surface area contributed by atoms with E-state index in [1.165, 1.54) is 24.3 Å². The Hall–Kier alpha value is -0.661. The van der Waals surface area contributed by atoms with Crippen LogP contribution < -0.4 is 0 Å². The van der Waals surface area contributed by atoms with Crippen LogP contribution in [0.25, 0.3) is 0 Å². The monoisotopic (exact) mass is 163 g/mol. The van der Waals surface area contributed by atoms with E-state index in [-0.39, 0.29) is 28.6 Å². The summed E-state index contributed by atoms with van der Waals surface area (Å²) in [7, 11) is 0. The predicted octanol–water partition coefficient (Wildman–Crippen LogP) is 0.248. The Morgan fingerprint density at radius 2 is 1.00 bits per heavy atom. The van der Waals surface area contributed by atoms with Crippen LogP contribution in [0, 0.1) is 0 Å². The molecule has 2 nitrogen and oxygen atoms in total. The van der Waals surface area contributed by atoms with Crippen LogP contribution in [-0.2, 0) is 26.7 Å². The first kappa shape index (κ1) is 8.34. The van der Waals surface area contributed by atoms with Gasteiger partial charge >= 0.3 is 0 Å². The molecule has 0 amide bonds. The minimum Gasteiger partial charge on any atom is -0.290 e. The van der Waals surface area contributed by atoms with Crippen molar-refractivity contribution in [2.75, 3.05) is 0 Å². The van der Waals surface area contributed by atoms with Crippen molar-refractivity contribution < 1.29 is 26.7 Å². The van der Waals surface area contributed by atoms with Crippen molar-refractivity contribution in [3.8, 4) is 0 Å². The summed E-state index contributed by atoms with van der Waals surface area (Å²) in [6.45, 7) is 0. The first-order chi connectivity index (χ1) is 3.79. The van der Waals surface area contributed by atoms with E-state index in [1.54, 1.807) is 0 Å². The van der Waals surface area contributed by atoms with E-state index < -0.39 is 0 Å². The van der Waals surface area contributed by atoms with Gasteiger partial charge in [0.2, 0.25) is 0 Å². The first-order valence-corrected chi connectivity index (χ1v) is 2.23. The van der Waals surface area contributed by atoms with Crippen molar-refractivity contribution in [1.82, 2.24) is 0 Å². The summed E-state index contributed by atoms with van der Waals surface area (Å²) in [4.78, 5) is 20.6. The van der Waals surface area contributed by atoms with Crippen molar-refractivity contribution in [2.24, 2.45) is 0 Å². The number of allylic oxidation sites excluding steroid dienone is 4. The molecule has 1 aliphatic rings. The van der Waals surface area contributed by atoms with E-state index in [2.05, 4.69) is 0 Å². The van der Waals surface area contributed by atoms with Crippen LogP contribution in [0.5, 0.6) is 0 Å². The fourth-order valence-electron chi connectivity index (χ4n) is 0.440. The van der Waals surface area contributed by atoms with Gasteiger partial charge in [-0.05, 0) is 24.3 Å². The molecule has 0 atom stereocenters. The van der Waals surface area contributed by atoms with Crippen molar-refractivity contribution in [3.63, 3.8) is 0 Å². The maximum atomic E-state index is 10.3.